The predicted molar refractivity (Wildman–Crippen MR) is 67.8 cm³/mol. The number of guanidine groups is 1. The minimum Gasteiger partial charge on any atom is -0.454 e. The van der Waals surface area contributed by atoms with E-state index in [4.69, 9.17) is 5.73 Å². The maximum atomic E-state index is 13.1. The molecule has 18 heavy (non-hydrogen) atoms. The molecule has 1 rings (SSSR count). The molecule has 0 spiro atoms. The van der Waals surface area contributed by atoms with Crippen LogP contribution in [0.3, 0.4) is 0 Å². The van der Waals surface area contributed by atoms with E-state index in [9.17, 15) is 13.2 Å². The Morgan fingerprint density at radius 1 is 1.61 bits per heavy atom. The maximum absolute atomic E-state index is 13.1. The second-order valence-corrected chi connectivity index (χ2v) is 4.32. The van der Waals surface area contributed by atoms with Gasteiger partial charge >= 0.3 is 0 Å². The third-order valence-corrected chi connectivity index (χ3v) is 2.37. The Bertz CT molecular complexity index is 435. The summed E-state index contributed by atoms with van der Waals surface area (Å²) >= 11 is 1.78. The standard InChI is InChI=1S/C10H8F3IN3.Lr/c1-10(12,13)5-16-9(15)17-6-2-3-8(14)7(11)4-6;/h3-4H,1,5H2,(H2-,15,16,17);/q-3;. The molecule has 1 aromatic carbocycles. The minimum absolute atomic E-state index is 0. The van der Waals surface area contributed by atoms with Crippen LogP contribution in [0.4, 0.5) is 18.9 Å². The second-order valence-electron chi connectivity index (χ2n) is 3.16. The molecule has 0 aliphatic heterocycles. The SMILES string of the molecule is [CH2-]C(F)(F)C[N-]C(N)=Nc1[c-]cc(I)c(F)c1.[Lr]. The number of halogens is 4. The van der Waals surface area contributed by atoms with Gasteiger partial charge in [0.2, 0.25) is 0 Å². The number of benzene rings is 1. The summed E-state index contributed by atoms with van der Waals surface area (Å²) in [6, 6.07) is 5.09. The van der Waals surface area contributed by atoms with E-state index in [1.54, 1.807) is 22.6 Å². The molecular weight excluding hydrogens is 608 g/mol. The van der Waals surface area contributed by atoms with Crippen molar-refractivity contribution in [3.8, 4) is 0 Å². The fourth-order valence-electron chi connectivity index (χ4n) is 0.857. The monoisotopic (exact) mass is 616 g/mol. The number of nitrogens with zero attached hydrogens (tertiary/aromatic N) is 2. The van der Waals surface area contributed by atoms with Crippen molar-refractivity contribution in [1.29, 1.82) is 0 Å². The van der Waals surface area contributed by atoms with Gasteiger partial charge in [0.05, 0.1) is 0 Å². The number of alkyl halides is 2. The molecule has 0 aliphatic rings. The van der Waals surface area contributed by atoms with E-state index in [-0.39, 0.29) is 11.6 Å². The van der Waals surface area contributed by atoms with Crippen molar-refractivity contribution in [2.45, 2.75) is 5.92 Å². The molecule has 8 heteroatoms. The summed E-state index contributed by atoms with van der Waals surface area (Å²) in [6.45, 7) is 1.70. The van der Waals surface area contributed by atoms with Crippen LogP contribution in [0.25, 0.3) is 5.32 Å². The summed E-state index contributed by atoms with van der Waals surface area (Å²) in [5, 5.41) is 3.31. The zero-order chi connectivity index (χ0) is 13.1. The van der Waals surface area contributed by atoms with E-state index < -0.39 is 18.3 Å². The molecule has 0 saturated carbocycles. The van der Waals surface area contributed by atoms with Crippen LogP contribution >= 0.6 is 22.6 Å². The van der Waals surface area contributed by atoms with Gasteiger partial charge in [-0.2, -0.15) is 12.1 Å². The van der Waals surface area contributed by atoms with Crippen LogP contribution in [0.2, 0.25) is 0 Å². The second kappa shape index (κ2) is 6.08. The molecule has 0 aliphatic carbocycles. The van der Waals surface area contributed by atoms with Crippen LogP contribution in [0.15, 0.2) is 17.1 Å². The first-order chi connectivity index (χ1) is 7.78. The van der Waals surface area contributed by atoms with Gasteiger partial charge in [0.25, 0.3) is 0 Å². The molecule has 3 nitrogen and oxygen atoms in total. The quantitative estimate of drug-likeness (QED) is 0.242. The molecule has 0 aromatic heterocycles. The zero-order valence-electron chi connectivity index (χ0n) is 8.81. The van der Waals surface area contributed by atoms with Crippen molar-refractivity contribution in [2.75, 3.05) is 6.54 Å². The van der Waals surface area contributed by atoms with Crippen LogP contribution in [-0.2, 0) is 0 Å². The molecule has 0 atom stereocenters. The maximum Gasteiger partial charge on any atom is 0.135 e. The molecular formula is C10H8F3ILrN3-3. The van der Waals surface area contributed by atoms with Crippen LogP contribution in [0.1, 0.15) is 0 Å². The van der Waals surface area contributed by atoms with Gasteiger partial charge < -0.3 is 16.0 Å². The molecule has 0 fully saturated rings. The number of hydrogen-bond donors (Lipinski definition) is 1. The minimum atomic E-state index is -3.19. The third kappa shape index (κ3) is 5.37. The van der Waals surface area contributed by atoms with Gasteiger partial charge in [0.1, 0.15) is 5.92 Å². The Kier molecular flexibility index (Phi) is 5.41. The summed E-state index contributed by atoms with van der Waals surface area (Å²) in [7, 11) is 0. The number of aliphatic imine (C=N–C) groups is 1. The topological polar surface area (TPSA) is 52.5 Å². The molecule has 109 valence electrons. The summed E-state index contributed by atoms with van der Waals surface area (Å²) in [6.07, 6.45) is 0. The first-order valence-corrected chi connectivity index (χ1v) is 5.47. The fourth-order valence-corrected chi connectivity index (χ4v) is 1.17. The Balaban J connectivity index is 0.00000289. The Labute approximate surface area is 110 Å². The largest absolute Gasteiger partial charge is 0.454 e. The average Bonchev–Trinajstić information content (AvgIpc) is 2.20. The van der Waals surface area contributed by atoms with Crippen LogP contribution in [-0.4, -0.2) is 18.4 Å². The third-order valence-electron chi connectivity index (χ3n) is 1.55. The summed E-state index contributed by atoms with van der Waals surface area (Å²) < 4.78 is 38.2. The van der Waals surface area contributed by atoms with Gasteiger partial charge in [0, 0.05) is 18.3 Å². The number of rotatable bonds is 3. The van der Waals surface area contributed by atoms with E-state index in [1.165, 1.54) is 6.07 Å². The Hall–Kier alpha value is -1.99. The van der Waals surface area contributed by atoms with Gasteiger partial charge in [-0.05, 0) is 0 Å². The van der Waals surface area contributed by atoms with Crippen molar-refractivity contribution >= 4 is 34.2 Å². The van der Waals surface area contributed by atoms with Crippen molar-refractivity contribution in [3.05, 3.63) is 39.8 Å². The van der Waals surface area contributed by atoms with Gasteiger partial charge in [-0.25, -0.2) is 13.2 Å². The van der Waals surface area contributed by atoms with Crippen LogP contribution in [0, 0.1) is 22.4 Å². The molecule has 0 unspecified atom stereocenters. The van der Waals surface area contributed by atoms with E-state index in [1.807, 2.05) is 0 Å². The van der Waals surface area contributed by atoms with Gasteiger partial charge in [-0.15, -0.1) is 34.3 Å². The van der Waals surface area contributed by atoms with Crippen molar-refractivity contribution in [1.82, 2.24) is 0 Å². The van der Waals surface area contributed by atoms with Gasteiger partial charge in [-0.1, -0.05) is 3.57 Å². The predicted octanol–water partition coefficient (Wildman–Crippen LogP) is 3.02. The van der Waals surface area contributed by atoms with Crippen molar-refractivity contribution in [2.24, 2.45) is 10.7 Å². The number of nitrogens with two attached hydrogens (primary N) is 1. The average molecular weight is 616 g/mol. The molecule has 0 amide bonds. The molecule has 0 heterocycles. The first-order valence-electron chi connectivity index (χ1n) is 4.39. The van der Waals surface area contributed by atoms with Crippen LogP contribution < -0.4 is 5.73 Å². The number of hydrogen-bond acceptors (Lipinski definition) is 1. The molecule has 0 saturated heterocycles. The van der Waals surface area contributed by atoms with E-state index >= 15 is 0 Å². The summed E-state index contributed by atoms with van der Waals surface area (Å²) in [4.78, 5) is 3.63. The van der Waals surface area contributed by atoms with Gasteiger partial charge in [0.15, 0.2) is 0 Å². The van der Waals surface area contributed by atoms with E-state index in [0.717, 1.165) is 6.07 Å². The molecule has 0 bridgehead atoms. The molecule has 1 aromatic rings. The first kappa shape index (κ1) is 16.0. The van der Waals surface area contributed by atoms with Gasteiger partial charge in [-0.3, -0.25) is 6.92 Å². The fraction of sp³-hybridized carbons (Fsp3) is 0.200. The molecule has 1 radical (unpaired) electrons. The van der Waals surface area contributed by atoms with Crippen molar-refractivity contribution in [3.63, 3.8) is 0 Å². The zero-order valence-corrected chi connectivity index (χ0v) is 13.1. The van der Waals surface area contributed by atoms with E-state index in [0.29, 0.717) is 3.57 Å². The molecule has 2 N–H and O–H groups in total. The van der Waals surface area contributed by atoms with Crippen LogP contribution in [0.5, 0.6) is 0 Å². The summed E-state index contributed by atoms with van der Waals surface area (Å²) in [5.74, 6) is -4.05. The summed E-state index contributed by atoms with van der Waals surface area (Å²) in [5.41, 5.74) is 5.37. The smallest absolute Gasteiger partial charge is 0.135 e. The Morgan fingerprint density at radius 3 is 2.72 bits per heavy atom. The normalized spacial score (nSPS) is 11.9. The van der Waals surface area contributed by atoms with E-state index in [2.05, 4.69) is 23.3 Å². The Morgan fingerprint density at radius 2 is 2.22 bits per heavy atom. The van der Waals surface area contributed by atoms with Crippen molar-refractivity contribution < 1.29 is 13.2 Å².